The van der Waals surface area contributed by atoms with Crippen molar-refractivity contribution in [2.75, 3.05) is 6.54 Å². The molecule has 1 heterocycles. The van der Waals surface area contributed by atoms with Crippen molar-refractivity contribution in [2.45, 2.75) is 52.0 Å². The number of carbonyl (C=O) groups excluding carboxylic acids is 1. The van der Waals surface area contributed by atoms with Crippen LogP contribution < -0.4 is 0 Å². The van der Waals surface area contributed by atoms with E-state index in [2.05, 4.69) is 18.7 Å². The van der Waals surface area contributed by atoms with E-state index in [-0.39, 0.29) is 0 Å². The summed E-state index contributed by atoms with van der Waals surface area (Å²) in [4.78, 5) is 14.1. The molecule has 1 aliphatic carbocycles. The van der Waals surface area contributed by atoms with Crippen molar-refractivity contribution in [3.63, 3.8) is 0 Å². The monoisotopic (exact) mass is 195 g/mol. The zero-order valence-electron chi connectivity index (χ0n) is 9.33. The van der Waals surface area contributed by atoms with Crippen LogP contribution in [0.5, 0.6) is 0 Å². The Labute approximate surface area is 86.7 Å². The van der Waals surface area contributed by atoms with Gasteiger partial charge in [0, 0.05) is 19.0 Å². The first-order valence-electron chi connectivity index (χ1n) is 5.98. The molecule has 0 radical (unpaired) electrons. The van der Waals surface area contributed by atoms with E-state index < -0.39 is 0 Å². The lowest BCUT2D eigenvalue weighted by Crippen LogP contribution is -2.36. The third kappa shape index (κ3) is 1.79. The first kappa shape index (κ1) is 10.0. The van der Waals surface area contributed by atoms with Crippen LogP contribution in [0.1, 0.15) is 46.0 Å². The van der Waals surface area contributed by atoms with Gasteiger partial charge in [0.05, 0.1) is 0 Å². The van der Waals surface area contributed by atoms with Crippen molar-refractivity contribution in [3.05, 3.63) is 0 Å². The van der Waals surface area contributed by atoms with Crippen LogP contribution in [0.4, 0.5) is 0 Å². The van der Waals surface area contributed by atoms with Crippen LogP contribution in [-0.2, 0) is 4.79 Å². The van der Waals surface area contributed by atoms with Crippen molar-refractivity contribution in [3.8, 4) is 0 Å². The minimum atomic E-state index is 0.398. The number of fused-ring (bicyclic) bond motifs is 1. The quantitative estimate of drug-likeness (QED) is 0.662. The molecule has 14 heavy (non-hydrogen) atoms. The Morgan fingerprint density at radius 1 is 1.36 bits per heavy atom. The summed E-state index contributed by atoms with van der Waals surface area (Å²) in [7, 11) is 0. The second-order valence-corrected chi connectivity index (χ2v) is 5.23. The van der Waals surface area contributed by atoms with Gasteiger partial charge in [-0.3, -0.25) is 4.79 Å². The molecule has 1 saturated carbocycles. The second-order valence-electron chi connectivity index (χ2n) is 5.23. The van der Waals surface area contributed by atoms with E-state index in [1.165, 1.54) is 25.7 Å². The van der Waals surface area contributed by atoms with Gasteiger partial charge in [0.1, 0.15) is 0 Å². The summed E-state index contributed by atoms with van der Waals surface area (Å²) in [5.74, 6) is 1.74. The lowest BCUT2D eigenvalue weighted by atomic mass is 10.0. The van der Waals surface area contributed by atoms with Gasteiger partial charge in [-0.1, -0.05) is 20.3 Å². The molecular formula is C12H21NO. The smallest absolute Gasteiger partial charge is 0.223 e. The topological polar surface area (TPSA) is 20.3 Å². The van der Waals surface area contributed by atoms with E-state index in [1.54, 1.807) is 0 Å². The molecule has 1 aliphatic heterocycles. The molecule has 0 N–H and O–H groups in total. The molecule has 0 aromatic rings. The third-order valence-corrected chi connectivity index (χ3v) is 3.66. The van der Waals surface area contributed by atoms with Crippen molar-refractivity contribution < 1.29 is 4.79 Å². The summed E-state index contributed by atoms with van der Waals surface area (Å²) in [5.41, 5.74) is 0. The Hall–Kier alpha value is -0.530. The van der Waals surface area contributed by atoms with Crippen LogP contribution in [0.25, 0.3) is 0 Å². The molecule has 2 fully saturated rings. The van der Waals surface area contributed by atoms with E-state index in [9.17, 15) is 4.79 Å². The van der Waals surface area contributed by atoms with Crippen LogP contribution in [-0.4, -0.2) is 23.4 Å². The van der Waals surface area contributed by atoms with Gasteiger partial charge >= 0.3 is 0 Å². The second kappa shape index (κ2) is 3.92. The standard InChI is InChI=1S/C12H21NO/c1-9(2)8-12(14)13-7-6-10-4-3-5-11(10)13/h9-11H,3-8H2,1-2H3. The molecule has 2 rings (SSSR count). The molecule has 0 aromatic heterocycles. The van der Waals surface area contributed by atoms with E-state index in [0.717, 1.165) is 18.9 Å². The normalized spacial score (nSPS) is 31.2. The summed E-state index contributed by atoms with van der Waals surface area (Å²) in [6.07, 6.45) is 5.95. The van der Waals surface area contributed by atoms with Crippen molar-refractivity contribution in [2.24, 2.45) is 11.8 Å². The van der Waals surface area contributed by atoms with Gasteiger partial charge in [0.25, 0.3) is 0 Å². The summed E-state index contributed by atoms with van der Waals surface area (Å²) < 4.78 is 0. The average molecular weight is 195 g/mol. The Morgan fingerprint density at radius 2 is 2.14 bits per heavy atom. The first-order valence-corrected chi connectivity index (χ1v) is 5.98. The average Bonchev–Trinajstić information content (AvgIpc) is 2.59. The minimum absolute atomic E-state index is 0.398. The van der Waals surface area contributed by atoms with Crippen LogP contribution in [0, 0.1) is 11.8 Å². The van der Waals surface area contributed by atoms with Gasteiger partial charge in [-0.05, 0) is 31.1 Å². The summed E-state index contributed by atoms with van der Waals surface area (Å²) in [6, 6.07) is 0.612. The fourth-order valence-electron chi connectivity index (χ4n) is 3.01. The molecule has 2 nitrogen and oxygen atoms in total. The van der Waals surface area contributed by atoms with E-state index >= 15 is 0 Å². The van der Waals surface area contributed by atoms with Crippen LogP contribution >= 0.6 is 0 Å². The zero-order valence-corrected chi connectivity index (χ0v) is 9.33. The van der Waals surface area contributed by atoms with Crippen LogP contribution in [0.2, 0.25) is 0 Å². The highest BCUT2D eigenvalue weighted by molar-refractivity contribution is 5.77. The molecule has 0 bridgehead atoms. The van der Waals surface area contributed by atoms with Gasteiger partial charge in [-0.15, -0.1) is 0 Å². The highest BCUT2D eigenvalue weighted by atomic mass is 16.2. The predicted octanol–water partition coefficient (Wildman–Crippen LogP) is 2.43. The number of rotatable bonds is 2. The van der Waals surface area contributed by atoms with E-state index in [4.69, 9.17) is 0 Å². The largest absolute Gasteiger partial charge is 0.339 e. The van der Waals surface area contributed by atoms with Gasteiger partial charge in [0.2, 0.25) is 5.91 Å². The highest BCUT2D eigenvalue weighted by Crippen LogP contribution is 2.38. The summed E-state index contributed by atoms with van der Waals surface area (Å²) in [5, 5.41) is 0. The van der Waals surface area contributed by atoms with Crippen molar-refractivity contribution in [1.29, 1.82) is 0 Å². The lowest BCUT2D eigenvalue weighted by molar-refractivity contribution is -0.132. The van der Waals surface area contributed by atoms with E-state index in [1.807, 2.05) is 0 Å². The molecule has 0 aromatic carbocycles. The molecule has 2 unspecified atom stereocenters. The number of carbonyl (C=O) groups is 1. The molecule has 80 valence electrons. The fourth-order valence-corrected chi connectivity index (χ4v) is 3.01. The summed E-state index contributed by atoms with van der Waals surface area (Å²) >= 11 is 0. The first-order chi connectivity index (χ1) is 6.68. The Kier molecular flexibility index (Phi) is 2.80. The van der Waals surface area contributed by atoms with Gasteiger partial charge in [-0.2, -0.15) is 0 Å². The fraction of sp³-hybridized carbons (Fsp3) is 0.917. The highest BCUT2D eigenvalue weighted by Gasteiger charge is 2.39. The molecule has 1 amide bonds. The van der Waals surface area contributed by atoms with Crippen molar-refractivity contribution >= 4 is 5.91 Å². The molecule has 2 heteroatoms. The predicted molar refractivity (Wildman–Crippen MR) is 56.9 cm³/mol. The molecule has 2 aliphatic rings. The maximum Gasteiger partial charge on any atom is 0.223 e. The molecule has 2 atom stereocenters. The Morgan fingerprint density at radius 3 is 2.86 bits per heavy atom. The molecular weight excluding hydrogens is 174 g/mol. The third-order valence-electron chi connectivity index (χ3n) is 3.66. The summed E-state index contributed by atoms with van der Waals surface area (Å²) in [6.45, 7) is 5.28. The number of likely N-dealkylation sites (tertiary alicyclic amines) is 1. The number of hydrogen-bond acceptors (Lipinski definition) is 1. The minimum Gasteiger partial charge on any atom is -0.339 e. The van der Waals surface area contributed by atoms with Crippen molar-refractivity contribution in [1.82, 2.24) is 4.90 Å². The number of amides is 1. The van der Waals surface area contributed by atoms with Gasteiger partial charge in [0.15, 0.2) is 0 Å². The SMILES string of the molecule is CC(C)CC(=O)N1CCC2CCCC21. The molecule has 0 spiro atoms. The van der Waals surface area contributed by atoms with Gasteiger partial charge < -0.3 is 4.90 Å². The van der Waals surface area contributed by atoms with Crippen LogP contribution in [0.3, 0.4) is 0 Å². The maximum atomic E-state index is 11.9. The zero-order chi connectivity index (χ0) is 10.1. The Bertz CT molecular complexity index is 224. The van der Waals surface area contributed by atoms with E-state index in [0.29, 0.717) is 17.9 Å². The molecule has 1 saturated heterocycles. The van der Waals surface area contributed by atoms with Gasteiger partial charge in [-0.25, -0.2) is 0 Å². The number of nitrogens with zero attached hydrogens (tertiary/aromatic N) is 1. The lowest BCUT2D eigenvalue weighted by Gasteiger charge is -2.24. The maximum absolute atomic E-state index is 11.9. The van der Waals surface area contributed by atoms with Crippen LogP contribution in [0.15, 0.2) is 0 Å². The number of hydrogen-bond donors (Lipinski definition) is 0. The Balaban J connectivity index is 1.94.